The van der Waals surface area contributed by atoms with E-state index in [1.807, 2.05) is 173 Å². The second-order valence-electron chi connectivity index (χ2n) is 20.0. The van der Waals surface area contributed by atoms with Crippen LogP contribution >= 0.6 is 23.2 Å². The number of pyridine rings is 4. The molecule has 0 bridgehead atoms. The summed E-state index contributed by atoms with van der Waals surface area (Å²) < 4.78 is 0. The predicted molar refractivity (Wildman–Crippen MR) is 368 cm³/mol. The Labute approximate surface area is 561 Å². The minimum atomic E-state index is -1.75. The number of hydrogen-bond donors (Lipinski definition) is 0. The first-order chi connectivity index (χ1) is 43.8. The van der Waals surface area contributed by atoms with Gasteiger partial charge in [-0.25, -0.2) is 19.9 Å². The Morgan fingerprint density at radius 2 is 0.484 bits per heavy atom. The average molecular weight is 1350 g/mol. The van der Waals surface area contributed by atoms with Crippen molar-refractivity contribution in [3.05, 3.63) is 246 Å². The summed E-state index contributed by atoms with van der Waals surface area (Å²) in [4.78, 5) is 97.0. The summed E-state index contributed by atoms with van der Waals surface area (Å²) in [6, 6.07) is 54.7. The van der Waals surface area contributed by atoms with Crippen molar-refractivity contribution in [3.63, 3.8) is 0 Å². The SMILES string of the molecule is CCc1ccc(N(CC)C(=O)c2ccc3ccc4ccc(C(=O)N(CC)c5ccc(CC)cc5)nc4c3n2)cc1.CCc1ccc(N(CC)C(=O)c2ccc3ccc4ccc(C(=O)N(CC)c5ccc(CC)cc5)nc4c3n2)cc1.ClCCl.O.O=[N+]([O-])[O-].O=[N+]([O-])[O-].[Zn+2]. The molecule has 0 aliphatic carbocycles. The molecule has 0 radical (unpaired) electrons. The first-order valence-corrected chi connectivity index (χ1v) is 30.7. The zero-order valence-electron chi connectivity index (χ0n) is 53.0. The summed E-state index contributed by atoms with van der Waals surface area (Å²) in [6.07, 6.45) is 3.77. The summed E-state index contributed by atoms with van der Waals surface area (Å²) in [7, 11) is 0. The molecule has 0 fully saturated rings. The molecule has 93 heavy (non-hydrogen) atoms. The third-order valence-electron chi connectivity index (χ3n) is 14.8. The molecule has 4 aromatic heterocycles. The van der Waals surface area contributed by atoms with E-state index in [0.29, 0.717) is 71.0 Å². The van der Waals surface area contributed by atoms with Crippen LogP contribution in [0.15, 0.2) is 170 Å². The van der Waals surface area contributed by atoms with E-state index in [0.717, 1.165) is 70.0 Å². The van der Waals surface area contributed by atoms with Crippen molar-refractivity contribution >= 4 is 113 Å². The second-order valence-corrected chi connectivity index (χ2v) is 20.8. The number of carbonyl (C=O) groups is 4. The molecule has 0 aliphatic rings. The van der Waals surface area contributed by atoms with Crippen LogP contribution in [0.3, 0.4) is 0 Å². The average Bonchev–Trinajstić information content (AvgIpc) is 1.02. The summed E-state index contributed by atoms with van der Waals surface area (Å²) >= 11 is 9.53. The number of benzene rings is 6. The zero-order valence-corrected chi connectivity index (χ0v) is 57.5. The number of hydrogen-bond acceptors (Lipinski definition) is 14. The minimum absolute atomic E-state index is 0. The Morgan fingerprint density at radius 1 is 0.333 bits per heavy atom. The number of fused-ring (bicyclic) bond motifs is 6. The Balaban J connectivity index is 0.000000336. The number of rotatable bonds is 16. The second kappa shape index (κ2) is 37.0. The number of carbonyl (C=O) groups excluding carboxylic acids is 4. The van der Waals surface area contributed by atoms with E-state index < -0.39 is 10.2 Å². The number of alkyl halides is 2. The van der Waals surface area contributed by atoms with Crippen LogP contribution in [0, 0.1) is 30.6 Å². The summed E-state index contributed by atoms with van der Waals surface area (Å²) in [5.74, 6) is -0.702. The molecule has 0 saturated heterocycles. The van der Waals surface area contributed by atoms with Crippen molar-refractivity contribution in [1.29, 1.82) is 0 Å². The number of anilines is 4. The van der Waals surface area contributed by atoms with Gasteiger partial charge in [-0.1, -0.05) is 125 Å². The zero-order chi connectivity index (χ0) is 66.3. The van der Waals surface area contributed by atoms with Gasteiger partial charge in [0, 0.05) is 70.5 Å². The van der Waals surface area contributed by atoms with Gasteiger partial charge in [0.15, 0.2) is 0 Å². The number of aryl methyl sites for hydroxylation is 4. The van der Waals surface area contributed by atoms with E-state index in [9.17, 15) is 19.2 Å². The molecule has 4 heterocycles. The number of halogens is 2. The topological polar surface area (TPSA) is 297 Å². The van der Waals surface area contributed by atoms with Gasteiger partial charge in [0.25, 0.3) is 23.6 Å². The van der Waals surface area contributed by atoms with Crippen molar-refractivity contribution in [1.82, 2.24) is 19.9 Å². The number of aromatic nitrogens is 4. The van der Waals surface area contributed by atoms with E-state index >= 15 is 0 Å². The van der Waals surface area contributed by atoms with E-state index in [2.05, 4.69) is 27.7 Å². The van der Waals surface area contributed by atoms with E-state index in [-0.39, 0.29) is 53.9 Å². The van der Waals surface area contributed by atoms with Crippen molar-refractivity contribution in [3.8, 4) is 0 Å². The number of amides is 4. The standard InChI is InChI=1S/2C34H34N4O2.CH2Cl2.2NO3.H2O.Zn/c2*1-5-23-9-17-27(18-10-23)37(7-3)33(39)29-21-15-25-13-14-26-16-22-30(36-32(26)31(25)35-29)34(40)38(8-4)28-19-11-24(6-2)12-20-28;2-1-3;2*2-1(3)4;;/h2*9-22H,5-8H2,1-4H3;1H2;;;1H2;/q;;;2*-1;;+2. The molecule has 0 unspecified atom stereocenters. The molecule has 0 aliphatic heterocycles. The molecular weight excluding hydrogens is 1280 g/mol. The van der Waals surface area contributed by atoms with E-state index in [1.54, 1.807) is 43.9 Å². The molecular formula is C69H72Cl2N10O11Zn. The van der Waals surface area contributed by atoms with Crippen LogP contribution in [0.5, 0.6) is 0 Å². The fourth-order valence-electron chi connectivity index (χ4n) is 9.99. The Hall–Kier alpha value is -9.60. The van der Waals surface area contributed by atoms with Crippen molar-refractivity contribution in [2.45, 2.75) is 81.1 Å². The molecule has 6 aromatic carbocycles. The number of nitrogens with zero attached hydrogens (tertiary/aromatic N) is 10. The van der Waals surface area contributed by atoms with Crippen LogP contribution in [-0.2, 0) is 45.2 Å². The van der Waals surface area contributed by atoms with Gasteiger partial charge in [0.1, 0.15) is 22.8 Å². The van der Waals surface area contributed by atoms with Gasteiger partial charge >= 0.3 is 19.5 Å². The van der Waals surface area contributed by atoms with Gasteiger partial charge in [0.05, 0.1) is 37.6 Å². The van der Waals surface area contributed by atoms with Gasteiger partial charge in [-0.2, -0.15) is 0 Å². The van der Waals surface area contributed by atoms with E-state index in [4.69, 9.17) is 73.8 Å². The van der Waals surface area contributed by atoms with Gasteiger partial charge in [-0.05, 0) is 148 Å². The Morgan fingerprint density at radius 3 is 0.624 bits per heavy atom. The normalized spacial score (nSPS) is 10.3. The van der Waals surface area contributed by atoms with Crippen molar-refractivity contribution < 1.29 is 54.3 Å². The minimum Gasteiger partial charge on any atom is -0.412 e. The van der Waals surface area contributed by atoms with E-state index in [1.165, 1.54) is 22.3 Å². The molecule has 480 valence electrons. The molecule has 0 saturated carbocycles. The summed E-state index contributed by atoms with van der Waals surface area (Å²) in [5.41, 5.74) is 12.0. The Kier molecular flexibility index (Phi) is 30.2. The summed E-state index contributed by atoms with van der Waals surface area (Å²) in [6.45, 7) is 18.3. The summed E-state index contributed by atoms with van der Waals surface area (Å²) in [5, 5.41) is 33.1. The molecule has 0 spiro atoms. The third-order valence-corrected chi connectivity index (χ3v) is 14.8. The Bertz CT molecular complexity index is 3630. The van der Waals surface area contributed by atoms with Crippen LogP contribution in [-0.4, -0.2) is 90.7 Å². The fraction of sp³-hybridized carbons (Fsp3) is 0.246. The molecule has 10 aromatic rings. The van der Waals surface area contributed by atoms with Crippen molar-refractivity contribution in [2.24, 2.45) is 0 Å². The van der Waals surface area contributed by atoms with Crippen LogP contribution in [0.2, 0.25) is 0 Å². The van der Waals surface area contributed by atoms with Gasteiger partial charge in [-0.3, -0.25) is 19.2 Å². The molecule has 2 N–H and O–H groups in total. The maximum atomic E-state index is 13.6. The first-order valence-electron chi connectivity index (χ1n) is 29.6. The molecule has 0 atom stereocenters. The predicted octanol–water partition coefficient (Wildman–Crippen LogP) is 14.6. The van der Waals surface area contributed by atoms with Crippen molar-refractivity contribution in [2.75, 3.05) is 51.1 Å². The maximum absolute atomic E-state index is 13.6. The first kappa shape index (κ1) is 75.9. The molecule has 4 amide bonds. The van der Waals surface area contributed by atoms with Gasteiger partial charge in [0.2, 0.25) is 0 Å². The monoisotopic (exact) mass is 1350 g/mol. The molecule has 10 rings (SSSR count). The van der Waals surface area contributed by atoms with Crippen LogP contribution in [0.1, 0.15) is 120 Å². The maximum Gasteiger partial charge on any atom is 2.00 e. The fourth-order valence-corrected chi connectivity index (χ4v) is 9.99. The van der Waals surface area contributed by atoms with Gasteiger partial charge < -0.3 is 55.7 Å². The molecule has 24 heteroatoms. The van der Waals surface area contributed by atoms with Crippen LogP contribution in [0.25, 0.3) is 43.6 Å². The van der Waals surface area contributed by atoms with Crippen LogP contribution in [0.4, 0.5) is 22.7 Å². The third kappa shape index (κ3) is 19.7. The van der Waals surface area contributed by atoms with Gasteiger partial charge in [-0.15, -0.1) is 23.2 Å². The van der Waals surface area contributed by atoms with Crippen LogP contribution < -0.4 is 19.6 Å². The smallest absolute Gasteiger partial charge is 0.412 e. The quantitative estimate of drug-likeness (QED) is 0.0286. The largest absolute Gasteiger partial charge is 2.00 e. The molecule has 21 nitrogen and oxygen atoms in total.